The van der Waals surface area contributed by atoms with E-state index in [4.69, 9.17) is 4.74 Å². The molecule has 0 heterocycles. The highest BCUT2D eigenvalue weighted by molar-refractivity contribution is 5.91. The Bertz CT molecular complexity index is 945. The van der Waals surface area contributed by atoms with Crippen LogP contribution in [0.1, 0.15) is 73.9 Å². The highest BCUT2D eigenvalue weighted by atomic mass is 16.5. The Morgan fingerprint density at radius 3 is 1.81 bits per heavy atom. The Hall–Kier alpha value is -2.87. The van der Waals surface area contributed by atoms with E-state index in [9.17, 15) is 4.79 Å². The lowest BCUT2D eigenvalue weighted by Gasteiger charge is -2.26. The third-order valence-electron chi connectivity index (χ3n) is 6.08. The van der Waals surface area contributed by atoms with Crippen LogP contribution in [-0.4, -0.2) is 5.97 Å². The first-order valence-corrected chi connectivity index (χ1v) is 11.6. The largest absolute Gasteiger partial charge is 0.423 e. The molecule has 4 rings (SSSR count). The molecule has 0 N–H and O–H groups in total. The minimum absolute atomic E-state index is 0.308. The molecule has 0 atom stereocenters. The maximum absolute atomic E-state index is 12.5. The molecule has 1 saturated carbocycles. The molecule has 0 saturated heterocycles. The van der Waals surface area contributed by atoms with Crippen molar-refractivity contribution in [2.24, 2.45) is 5.92 Å². The van der Waals surface area contributed by atoms with Crippen molar-refractivity contribution >= 4 is 5.97 Å². The van der Waals surface area contributed by atoms with E-state index in [1.807, 2.05) is 50.2 Å². The molecule has 3 aromatic carbocycles. The van der Waals surface area contributed by atoms with Crippen molar-refractivity contribution in [1.82, 2.24) is 0 Å². The Balaban J connectivity index is 0.00000132. The van der Waals surface area contributed by atoms with Gasteiger partial charge in [0.1, 0.15) is 5.75 Å². The topological polar surface area (TPSA) is 26.3 Å². The van der Waals surface area contributed by atoms with Crippen molar-refractivity contribution in [3.05, 3.63) is 89.5 Å². The van der Waals surface area contributed by atoms with Gasteiger partial charge in [-0.05, 0) is 72.6 Å². The van der Waals surface area contributed by atoms with E-state index in [2.05, 4.69) is 50.2 Å². The number of aryl methyl sites for hydroxylation is 1. The van der Waals surface area contributed by atoms with Crippen LogP contribution in [0, 0.1) is 12.8 Å². The van der Waals surface area contributed by atoms with Gasteiger partial charge in [0.05, 0.1) is 5.56 Å². The summed E-state index contributed by atoms with van der Waals surface area (Å²) in [5, 5.41) is 0. The first kappa shape index (κ1) is 22.8. The summed E-state index contributed by atoms with van der Waals surface area (Å²) in [6.45, 7) is 8.41. The van der Waals surface area contributed by atoms with Crippen LogP contribution < -0.4 is 4.74 Å². The molecule has 1 aliphatic carbocycles. The molecular weight excluding hydrogens is 380 g/mol. The molecule has 1 fully saturated rings. The molecule has 1 aliphatic rings. The van der Waals surface area contributed by atoms with E-state index in [-0.39, 0.29) is 5.97 Å². The molecule has 0 bridgehead atoms. The summed E-state index contributed by atoms with van der Waals surface area (Å²) < 4.78 is 5.57. The van der Waals surface area contributed by atoms with E-state index in [1.165, 1.54) is 36.8 Å². The van der Waals surface area contributed by atoms with Gasteiger partial charge in [-0.1, -0.05) is 87.7 Å². The Labute approximate surface area is 187 Å². The van der Waals surface area contributed by atoms with Crippen LogP contribution in [0.5, 0.6) is 5.75 Å². The molecule has 2 heteroatoms. The minimum atomic E-state index is -0.308. The zero-order chi connectivity index (χ0) is 22.2. The van der Waals surface area contributed by atoms with Crippen LogP contribution in [0.3, 0.4) is 0 Å². The van der Waals surface area contributed by atoms with E-state index >= 15 is 0 Å². The number of benzene rings is 3. The molecule has 31 heavy (non-hydrogen) atoms. The monoisotopic (exact) mass is 414 g/mol. The summed E-state index contributed by atoms with van der Waals surface area (Å²) in [4.78, 5) is 12.5. The number of ether oxygens (including phenoxy) is 1. The summed E-state index contributed by atoms with van der Waals surface area (Å²) in [6.07, 6.45) is 5.09. The third kappa shape index (κ3) is 6.07. The highest BCUT2D eigenvalue weighted by Gasteiger charge is 2.20. The second-order valence-electron chi connectivity index (χ2n) is 8.36. The van der Waals surface area contributed by atoms with Gasteiger partial charge in [0.2, 0.25) is 0 Å². The molecule has 2 nitrogen and oxygen atoms in total. The lowest BCUT2D eigenvalue weighted by atomic mass is 9.79. The van der Waals surface area contributed by atoms with Gasteiger partial charge in [-0.15, -0.1) is 0 Å². The van der Waals surface area contributed by atoms with Crippen molar-refractivity contribution in [3.8, 4) is 16.9 Å². The molecule has 0 amide bonds. The number of rotatable bonds is 4. The molecule has 0 unspecified atom stereocenters. The number of hydrogen-bond acceptors (Lipinski definition) is 2. The number of carbonyl (C=O) groups is 1. The summed E-state index contributed by atoms with van der Waals surface area (Å²) >= 11 is 0. The normalized spacial score (nSPS) is 17.9. The van der Waals surface area contributed by atoms with Crippen molar-refractivity contribution in [2.75, 3.05) is 0 Å². The molecule has 0 radical (unpaired) electrons. The van der Waals surface area contributed by atoms with Gasteiger partial charge >= 0.3 is 5.97 Å². The lowest BCUT2D eigenvalue weighted by Crippen LogP contribution is -2.12. The number of carbonyl (C=O) groups excluding carboxylic acids is 1. The van der Waals surface area contributed by atoms with Crippen LogP contribution >= 0.6 is 0 Å². The SMILES string of the molecule is CC.Cc1ccc(-c2ccc(OC(=O)c3ccc(C4CCC(C)CC4)cc3)cc2)cc1. The number of esters is 1. The van der Waals surface area contributed by atoms with Crippen LogP contribution in [0.2, 0.25) is 0 Å². The molecule has 162 valence electrons. The average molecular weight is 415 g/mol. The zero-order valence-corrected chi connectivity index (χ0v) is 19.2. The second-order valence-corrected chi connectivity index (χ2v) is 8.36. The molecule has 0 spiro atoms. The van der Waals surface area contributed by atoms with Gasteiger partial charge in [-0.3, -0.25) is 0 Å². The Kier molecular flexibility index (Phi) is 8.06. The van der Waals surface area contributed by atoms with E-state index in [0.717, 1.165) is 17.0 Å². The van der Waals surface area contributed by atoms with Gasteiger partial charge in [-0.2, -0.15) is 0 Å². The maximum Gasteiger partial charge on any atom is 0.343 e. The fourth-order valence-corrected chi connectivity index (χ4v) is 4.11. The molecule has 0 aliphatic heterocycles. The Morgan fingerprint density at radius 2 is 1.26 bits per heavy atom. The van der Waals surface area contributed by atoms with Crippen LogP contribution in [0.4, 0.5) is 0 Å². The van der Waals surface area contributed by atoms with Crippen molar-refractivity contribution < 1.29 is 9.53 Å². The van der Waals surface area contributed by atoms with Gasteiger partial charge in [0, 0.05) is 0 Å². The first-order chi connectivity index (χ1) is 15.1. The van der Waals surface area contributed by atoms with E-state index in [0.29, 0.717) is 17.2 Å². The predicted molar refractivity (Wildman–Crippen MR) is 130 cm³/mol. The summed E-state index contributed by atoms with van der Waals surface area (Å²) in [6, 6.07) is 24.1. The van der Waals surface area contributed by atoms with Gasteiger partial charge in [0.15, 0.2) is 0 Å². The van der Waals surface area contributed by atoms with Crippen molar-refractivity contribution in [3.63, 3.8) is 0 Å². The van der Waals surface area contributed by atoms with Crippen LogP contribution in [-0.2, 0) is 0 Å². The summed E-state index contributed by atoms with van der Waals surface area (Å²) in [7, 11) is 0. The minimum Gasteiger partial charge on any atom is -0.423 e. The molecular formula is C29H34O2. The van der Waals surface area contributed by atoms with Gasteiger partial charge in [0.25, 0.3) is 0 Å². The second kappa shape index (κ2) is 10.9. The van der Waals surface area contributed by atoms with Crippen molar-refractivity contribution in [2.45, 2.75) is 59.3 Å². The van der Waals surface area contributed by atoms with Gasteiger partial charge in [-0.25, -0.2) is 4.79 Å². The van der Waals surface area contributed by atoms with E-state index in [1.54, 1.807) is 0 Å². The highest BCUT2D eigenvalue weighted by Crippen LogP contribution is 2.35. The zero-order valence-electron chi connectivity index (χ0n) is 19.2. The van der Waals surface area contributed by atoms with Crippen molar-refractivity contribution in [1.29, 1.82) is 0 Å². The summed E-state index contributed by atoms with van der Waals surface area (Å²) in [5.41, 5.74) is 5.44. The first-order valence-electron chi connectivity index (χ1n) is 11.6. The lowest BCUT2D eigenvalue weighted by molar-refractivity contribution is 0.0734. The number of hydrogen-bond donors (Lipinski definition) is 0. The third-order valence-corrected chi connectivity index (χ3v) is 6.08. The molecule has 3 aromatic rings. The van der Waals surface area contributed by atoms with Gasteiger partial charge < -0.3 is 4.74 Å². The Morgan fingerprint density at radius 1 is 0.742 bits per heavy atom. The smallest absolute Gasteiger partial charge is 0.343 e. The molecule has 0 aromatic heterocycles. The average Bonchev–Trinajstić information content (AvgIpc) is 2.82. The quantitative estimate of drug-likeness (QED) is 0.318. The maximum atomic E-state index is 12.5. The summed E-state index contributed by atoms with van der Waals surface area (Å²) in [5.74, 6) is 1.73. The van der Waals surface area contributed by atoms with E-state index < -0.39 is 0 Å². The fourth-order valence-electron chi connectivity index (χ4n) is 4.11. The van der Waals surface area contributed by atoms with Crippen LogP contribution in [0.25, 0.3) is 11.1 Å². The predicted octanol–water partition coefficient (Wildman–Crippen LogP) is 8.20. The fraction of sp³-hybridized carbons (Fsp3) is 0.345. The van der Waals surface area contributed by atoms with Crippen LogP contribution in [0.15, 0.2) is 72.8 Å². The standard InChI is InChI=1S/C27H28O2.C2H6/c1-19-3-7-21(8-4-19)23-11-13-25(14-12-23)27(28)29-26-17-15-24(16-18-26)22-9-5-20(2)6-10-22;1-2/h5-6,9-19,21H,3-4,7-8H2,1-2H3;1-2H3.